The molecule has 1 fully saturated rings. The molecule has 4 aliphatic rings. The Kier molecular flexibility index (Phi) is 4.63. The number of aryl methyl sites for hydroxylation is 1. The van der Waals surface area contributed by atoms with Gasteiger partial charge >= 0.3 is 0 Å². The van der Waals surface area contributed by atoms with E-state index in [1.54, 1.807) is 0 Å². The molecular weight excluding hydrogens is 412 g/mol. The number of hydrogen-bond acceptors (Lipinski definition) is 6. The molecule has 0 radical (unpaired) electrons. The van der Waals surface area contributed by atoms with E-state index in [1.165, 1.54) is 0 Å². The predicted octanol–water partition coefficient (Wildman–Crippen LogP) is 5.01. The molecule has 1 aliphatic carbocycles. The number of ether oxygens (including phenoxy) is 1. The maximum atomic E-state index is 13.9. The highest BCUT2D eigenvalue weighted by atomic mass is 16.5. The summed E-state index contributed by atoms with van der Waals surface area (Å²) >= 11 is 0. The number of allylic oxidation sites excluding steroid dienone is 2. The molecule has 3 atom stereocenters. The Morgan fingerprint density at radius 2 is 2.06 bits per heavy atom. The summed E-state index contributed by atoms with van der Waals surface area (Å²) < 4.78 is 5.73. The standard InChI is InChI=1S/C27H28N4O2/c1-3-27(20-6-4-5-18(12-20)19-7-9-28-17(2)11-19)21-15-29-31-25(21)30-22-13-26(8-10-33-16-26)14-23(32)24(22)27/h4-7,9,11-12,15,25,30H,3,8,10,13-14,16H2,1-2H3/t25?,26-,27+/m0/s1. The van der Waals surface area contributed by atoms with E-state index in [2.05, 4.69) is 57.8 Å². The van der Waals surface area contributed by atoms with E-state index in [9.17, 15) is 4.79 Å². The second-order valence-corrected chi connectivity index (χ2v) is 9.82. The zero-order valence-electron chi connectivity index (χ0n) is 19.1. The quantitative estimate of drug-likeness (QED) is 0.728. The molecule has 1 saturated heterocycles. The molecule has 0 amide bonds. The van der Waals surface area contributed by atoms with Crippen LogP contribution in [0.1, 0.15) is 43.9 Å². The smallest absolute Gasteiger partial charge is 0.164 e. The topological polar surface area (TPSA) is 75.9 Å². The highest BCUT2D eigenvalue weighted by Gasteiger charge is 2.55. The molecule has 1 N–H and O–H groups in total. The van der Waals surface area contributed by atoms with Gasteiger partial charge in [0.05, 0.1) is 18.2 Å². The fourth-order valence-corrected chi connectivity index (χ4v) is 6.31. The molecule has 6 nitrogen and oxygen atoms in total. The number of carbonyl (C=O) groups is 1. The number of nitrogens with one attached hydrogen (secondary N) is 1. The van der Waals surface area contributed by atoms with Crippen LogP contribution in [0.25, 0.3) is 11.1 Å². The summed E-state index contributed by atoms with van der Waals surface area (Å²) in [4.78, 5) is 18.2. The molecule has 0 saturated carbocycles. The lowest BCUT2D eigenvalue weighted by Crippen LogP contribution is -2.52. The molecule has 2 aromatic rings. The Hall–Kier alpha value is -3.12. The van der Waals surface area contributed by atoms with Gasteiger partial charge in [-0.2, -0.15) is 10.2 Å². The molecule has 6 heteroatoms. The second kappa shape index (κ2) is 7.45. The Balaban J connectivity index is 1.54. The molecule has 1 aromatic heterocycles. The third-order valence-corrected chi connectivity index (χ3v) is 7.87. The molecular formula is C27H28N4O2. The summed E-state index contributed by atoms with van der Waals surface area (Å²) in [6.45, 7) is 5.56. The SMILES string of the molecule is CC[C@@]1(c2cccc(-c3ccnc(C)c3)c2)C2=CN=NC2NC2=C1C(=O)C[C@]1(CCOC1)C2. The van der Waals surface area contributed by atoms with Gasteiger partial charge in [-0.15, -0.1) is 0 Å². The van der Waals surface area contributed by atoms with Crippen molar-refractivity contribution in [1.29, 1.82) is 0 Å². The van der Waals surface area contributed by atoms with Crippen molar-refractivity contribution in [3.05, 3.63) is 76.9 Å². The first-order valence-electron chi connectivity index (χ1n) is 11.8. The zero-order valence-corrected chi connectivity index (χ0v) is 19.1. The maximum Gasteiger partial charge on any atom is 0.164 e. The van der Waals surface area contributed by atoms with Crippen LogP contribution >= 0.6 is 0 Å². The van der Waals surface area contributed by atoms with Gasteiger partial charge in [0, 0.05) is 47.2 Å². The number of carbonyl (C=O) groups excluding carboxylic acids is 1. The third kappa shape index (κ3) is 3.04. The Labute approximate surface area is 193 Å². The Morgan fingerprint density at radius 1 is 1.18 bits per heavy atom. The highest BCUT2D eigenvalue weighted by molar-refractivity contribution is 6.01. The van der Waals surface area contributed by atoms with E-state index >= 15 is 0 Å². The molecule has 1 aromatic carbocycles. The Morgan fingerprint density at radius 3 is 2.85 bits per heavy atom. The van der Waals surface area contributed by atoms with Crippen LogP contribution in [0.5, 0.6) is 0 Å². The number of azo groups is 1. The molecule has 168 valence electrons. The van der Waals surface area contributed by atoms with Gasteiger partial charge in [-0.1, -0.05) is 25.1 Å². The molecule has 0 bridgehead atoms. The van der Waals surface area contributed by atoms with Crippen molar-refractivity contribution in [3.8, 4) is 11.1 Å². The molecule has 1 unspecified atom stereocenters. The van der Waals surface area contributed by atoms with Gasteiger partial charge < -0.3 is 10.1 Å². The lowest BCUT2D eigenvalue weighted by atomic mass is 9.58. The number of fused-ring (bicyclic) bond motifs is 1. The van der Waals surface area contributed by atoms with Crippen LogP contribution in [0.15, 0.2) is 75.9 Å². The van der Waals surface area contributed by atoms with Crippen LogP contribution < -0.4 is 5.32 Å². The number of nitrogens with zero attached hydrogens (tertiary/aromatic N) is 3. The number of hydrogen-bond donors (Lipinski definition) is 1. The van der Waals surface area contributed by atoms with E-state index in [0.29, 0.717) is 13.0 Å². The first-order chi connectivity index (χ1) is 16.0. The number of Topliss-reactive ketones (excluding diaryl/α,β-unsaturated/α-hetero) is 1. The molecule has 6 rings (SSSR count). The minimum Gasteiger partial charge on any atom is -0.381 e. The van der Waals surface area contributed by atoms with Gasteiger partial charge in [0.25, 0.3) is 0 Å². The molecule has 3 aliphatic heterocycles. The van der Waals surface area contributed by atoms with Crippen LogP contribution in [0.2, 0.25) is 0 Å². The highest BCUT2D eigenvalue weighted by Crippen LogP contribution is 2.55. The minimum atomic E-state index is -0.537. The average molecular weight is 441 g/mol. The monoisotopic (exact) mass is 440 g/mol. The zero-order chi connectivity index (χ0) is 22.6. The van der Waals surface area contributed by atoms with Crippen molar-refractivity contribution in [2.75, 3.05) is 13.2 Å². The van der Waals surface area contributed by atoms with Gasteiger partial charge in [0.2, 0.25) is 0 Å². The summed E-state index contributed by atoms with van der Waals surface area (Å²) in [5.74, 6) is 0.229. The van der Waals surface area contributed by atoms with Crippen molar-refractivity contribution in [2.24, 2.45) is 15.6 Å². The third-order valence-electron chi connectivity index (χ3n) is 7.87. The van der Waals surface area contributed by atoms with Crippen molar-refractivity contribution in [3.63, 3.8) is 0 Å². The summed E-state index contributed by atoms with van der Waals surface area (Å²) in [6, 6.07) is 12.8. The van der Waals surface area contributed by atoms with E-state index in [4.69, 9.17) is 4.74 Å². The fraction of sp³-hybridized carbons (Fsp3) is 0.407. The van der Waals surface area contributed by atoms with Crippen LogP contribution in [0.4, 0.5) is 0 Å². The van der Waals surface area contributed by atoms with Crippen molar-refractivity contribution < 1.29 is 9.53 Å². The summed E-state index contributed by atoms with van der Waals surface area (Å²) in [6.07, 6.45) is 6.57. The summed E-state index contributed by atoms with van der Waals surface area (Å²) in [5, 5.41) is 12.4. The normalized spacial score (nSPS) is 30.3. The molecule has 4 heterocycles. The van der Waals surface area contributed by atoms with Gasteiger partial charge in [0.15, 0.2) is 11.9 Å². The van der Waals surface area contributed by atoms with Gasteiger partial charge in [-0.25, -0.2) is 0 Å². The number of rotatable bonds is 3. The van der Waals surface area contributed by atoms with Crippen molar-refractivity contribution in [2.45, 2.75) is 51.1 Å². The predicted molar refractivity (Wildman–Crippen MR) is 125 cm³/mol. The van der Waals surface area contributed by atoms with Crippen LogP contribution in [-0.4, -0.2) is 30.1 Å². The van der Waals surface area contributed by atoms with E-state index in [0.717, 1.165) is 65.1 Å². The summed E-state index contributed by atoms with van der Waals surface area (Å²) in [7, 11) is 0. The van der Waals surface area contributed by atoms with Gasteiger partial charge in [0.1, 0.15) is 0 Å². The maximum absolute atomic E-state index is 13.9. The number of aromatic nitrogens is 1. The van der Waals surface area contributed by atoms with Crippen LogP contribution in [-0.2, 0) is 14.9 Å². The number of ketones is 1. The molecule has 1 spiro atoms. The largest absolute Gasteiger partial charge is 0.381 e. The van der Waals surface area contributed by atoms with Crippen LogP contribution in [0, 0.1) is 12.3 Å². The lowest BCUT2D eigenvalue weighted by Gasteiger charge is -2.48. The van der Waals surface area contributed by atoms with Gasteiger partial charge in [-0.3, -0.25) is 9.78 Å². The minimum absolute atomic E-state index is 0.0875. The lowest BCUT2D eigenvalue weighted by molar-refractivity contribution is -0.119. The average Bonchev–Trinajstić information content (AvgIpc) is 3.47. The molecule has 33 heavy (non-hydrogen) atoms. The number of benzene rings is 1. The Bertz CT molecular complexity index is 1240. The second-order valence-electron chi connectivity index (χ2n) is 9.82. The van der Waals surface area contributed by atoms with Crippen molar-refractivity contribution in [1.82, 2.24) is 10.3 Å². The first-order valence-corrected chi connectivity index (χ1v) is 11.8. The van der Waals surface area contributed by atoms with Crippen LogP contribution in [0.3, 0.4) is 0 Å². The first kappa shape index (κ1) is 20.5. The summed E-state index contributed by atoms with van der Waals surface area (Å²) in [5.41, 5.74) is 6.74. The van der Waals surface area contributed by atoms with E-state index in [1.807, 2.05) is 25.4 Å². The fourth-order valence-electron chi connectivity index (χ4n) is 6.31. The number of pyridine rings is 1. The van der Waals surface area contributed by atoms with E-state index in [-0.39, 0.29) is 17.4 Å². The van der Waals surface area contributed by atoms with Crippen molar-refractivity contribution >= 4 is 5.78 Å². The van der Waals surface area contributed by atoms with E-state index < -0.39 is 5.41 Å². The van der Waals surface area contributed by atoms with Gasteiger partial charge in [-0.05, 0) is 61.1 Å².